The molecule has 0 aliphatic rings. The van der Waals surface area contributed by atoms with Crippen molar-refractivity contribution in [2.45, 2.75) is 20.3 Å². The van der Waals surface area contributed by atoms with Crippen molar-refractivity contribution in [1.82, 2.24) is 9.88 Å². The summed E-state index contributed by atoms with van der Waals surface area (Å²) in [6, 6.07) is 7.91. The quantitative estimate of drug-likeness (QED) is 0.744. The molecule has 0 radical (unpaired) electrons. The van der Waals surface area contributed by atoms with E-state index in [1.54, 1.807) is 12.4 Å². The van der Waals surface area contributed by atoms with Crippen molar-refractivity contribution in [2.75, 3.05) is 19.6 Å². The van der Waals surface area contributed by atoms with E-state index in [1.165, 1.54) is 0 Å². The molecule has 0 saturated heterocycles. The van der Waals surface area contributed by atoms with Crippen LogP contribution in [0.15, 0.2) is 36.7 Å². The number of aromatic nitrogens is 1. The molecule has 3 nitrogen and oxygen atoms in total. The zero-order valence-electron chi connectivity index (χ0n) is 11.6. The minimum atomic E-state index is 0.177. The second kappa shape index (κ2) is 6.43. The van der Waals surface area contributed by atoms with E-state index in [4.69, 9.17) is 0 Å². The van der Waals surface area contributed by atoms with Crippen molar-refractivity contribution >= 4 is 16.6 Å². The standard InChI is InChI=1S/C16H20N2O/c1-3-18(4-2)10-9-16(19)15-12-17-11-13-7-5-6-8-14(13)15/h5-8,11-12H,3-4,9-10H2,1-2H3. The van der Waals surface area contributed by atoms with Crippen LogP contribution in [0.3, 0.4) is 0 Å². The van der Waals surface area contributed by atoms with Gasteiger partial charge in [-0.3, -0.25) is 9.78 Å². The number of hydrogen-bond acceptors (Lipinski definition) is 3. The first-order valence-corrected chi connectivity index (χ1v) is 6.84. The number of pyridine rings is 1. The van der Waals surface area contributed by atoms with Crippen molar-refractivity contribution in [3.63, 3.8) is 0 Å². The maximum Gasteiger partial charge on any atom is 0.166 e. The normalized spacial score (nSPS) is 11.1. The van der Waals surface area contributed by atoms with Crippen LogP contribution in [0, 0.1) is 0 Å². The highest BCUT2D eigenvalue weighted by Gasteiger charge is 2.11. The number of benzene rings is 1. The van der Waals surface area contributed by atoms with Crippen molar-refractivity contribution in [3.8, 4) is 0 Å². The van der Waals surface area contributed by atoms with Crippen LogP contribution in [-0.2, 0) is 0 Å². The molecular weight excluding hydrogens is 236 g/mol. The van der Waals surface area contributed by atoms with Gasteiger partial charge in [0.15, 0.2) is 5.78 Å². The van der Waals surface area contributed by atoms with Gasteiger partial charge in [0.2, 0.25) is 0 Å². The van der Waals surface area contributed by atoms with E-state index in [-0.39, 0.29) is 5.78 Å². The van der Waals surface area contributed by atoms with Crippen molar-refractivity contribution < 1.29 is 4.79 Å². The summed E-state index contributed by atoms with van der Waals surface area (Å²) in [6.45, 7) is 7.02. The number of rotatable bonds is 6. The summed E-state index contributed by atoms with van der Waals surface area (Å²) in [5.41, 5.74) is 0.741. The molecule has 2 rings (SSSR count). The van der Waals surface area contributed by atoms with Crippen LogP contribution in [0.1, 0.15) is 30.6 Å². The molecular formula is C16H20N2O. The van der Waals surface area contributed by atoms with E-state index in [0.29, 0.717) is 6.42 Å². The number of carbonyl (C=O) groups excluding carboxylic acids is 1. The van der Waals surface area contributed by atoms with Crippen LogP contribution in [0.4, 0.5) is 0 Å². The molecule has 1 aromatic carbocycles. The minimum Gasteiger partial charge on any atom is -0.303 e. The lowest BCUT2D eigenvalue weighted by Crippen LogP contribution is -2.25. The topological polar surface area (TPSA) is 33.2 Å². The fourth-order valence-electron chi connectivity index (χ4n) is 2.27. The van der Waals surface area contributed by atoms with Gasteiger partial charge in [0.1, 0.15) is 0 Å². The van der Waals surface area contributed by atoms with E-state index >= 15 is 0 Å². The summed E-state index contributed by atoms with van der Waals surface area (Å²) in [5.74, 6) is 0.177. The molecule has 19 heavy (non-hydrogen) atoms. The summed E-state index contributed by atoms with van der Waals surface area (Å²) >= 11 is 0. The maximum atomic E-state index is 12.3. The van der Waals surface area contributed by atoms with Crippen molar-refractivity contribution in [1.29, 1.82) is 0 Å². The highest BCUT2D eigenvalue weighted by atomic mass is 16.1. The zero-order valence-corrected chi connectivity index (χ0v) is 11.6. The lowest BCUT2D eigenvalue weighted by molar-refractivity contribution is 0.0968. The lowest BCUT2D eigenvalue weighted by atomic mass is 10.0. The molecule has 0 aliphatic carbocycles. The highest BCUT2D eigenvalue weighted by molar-refractivity contribution is 6.07. The van der Waals surface area contributed by atoms with Gasteiger partial charge in [-0.25, -0.2) is 0 Å². The average molecular weight is 256 g/mol. The first-order chi connectivity index (χ1) is 9.26. The van der Waals surface area contributed by atoms with Crippen LogP contribution in [0.5, 0.6) is 0 Å². The molecule has 0 bridgehead atoms. The Bertz CT molecular complexity index is 556. The van der Waals surface area contributed by atoms with Gasteiger partial charge >= 0.3 is 0 Å². The van der Waals surface area contributed by atoms with Crippen LogP contribution >= 0.6 is 0 Å². The Labute approximate surface area is 114 Å². The Morgan fingerprint density at radius 1 is 1.16 bits per heavy atom. The third-order valence-electron chi connectivity index (χ3n) is 3.52. The second-order valence-corrected chi connectivity index (χ2v) is 4.61. The molecule has 0 amide bonds. The molecule has 0 N–H and O–H groups in total. The van der Waals surface area contributed by atoms with E-state index in [0.717, 1.165) is 36.0 Å². The molecule has 3 heteroatoms. The van der Waals surface area contributed by atoms with Gasteiger partial charge in [-0.2, -0.15) is 0 Å². The van der Waals surface area contributed by atoms with Crippen molar-refractivity contribution in [3.05, 3.63) is 42.2 Å². The van der Waals surface area contributed by atoms with Gasteiger partial charge in [-0.1, -0.05) is 38.1 Å². The van der Waals surface area contributed by atoms with Gasteiger partial charge in [0.25, 0.3) is 0 Å². The van der Waals surface area contributed by atoms with Gasteiger partial charge in [-0.15, -0.1) is 0 Å². The highest BCUT2D eigenvalue weighted by Crippen LogP contribution is 2.18. The van der Waals surface area contributed by atoms with Crippen LogP contribution in [-0.4, -0.2) is 35.3 Å². The molecule has 1 aromatic heterocycles. The first-order valence-electron chi connectivity index (χ1n) is 6.84. The molecule has 100 valence electrons. The third kappa shape index (κ3) is 3.18. The predicted octanol–water partition coefficient (Wildman–Crippen LogP) is 3.15. The first kappa shape index (κ1) is 13.7. The Morgan fingerprint density at radius 2 is 1.89 bits per heavy atom. The third-order valence-corrected chi connectivity index (χ3v) is 3.52. The Balaban J connectivity index is 2.17. The molecule has 2 aromatic rings. The Morgan fingerprint density at radius 3 is 2.63 bits per heavy atom. The average Bonchev–Trinajstić information content (AvgIpc) is 2.47. The lowest BCUT2D eigenvalue weighted by Gasteiger charge is -2.17. The molecule has 0 aliphatic heterocycles. The van der Waals surface area contributed by atoms with E-state index in [1.807, 2.05) is 24.3 Å². The SMILES string of the molecule is CCN(CC)CCC(=O)c1cncc2ccccc12. The molecule has 1 heterocycles. The van der Waals surface area contributed by atoms with Crippen LogP contribution < -0.4 is 0 Å². The van der Waals surface area contributed by atoms with Crippen LogP contribution in [0.2, 0.25) is 0 Å². The number of carbonyl (C=O) groups is 1. The fraction of sp³-hybridized carbons (Fsp3) is 0.375. The smallest absolute Gasteiger partial charge is 0.166 e. The Hall–Kier alpha value is -1.74. The molecule has 0 fully saturated rings. The monoisotopic (exact) mass is 256 g/mol. The van der Waals surface area contributed by atoms with Crippen LogP contribution in [0.25, 0.3) is 10.8 Å². The number of hydrogen-bond donors (Lipinski definition) is 0. The summed E-state index contributed by atoms with van der Waals surface area (Å²) < 4.78 is 0. The minimum absolute atomic E-state index is 0.177. The summed E-state index contributed by atoms with van der Waals surface area (Å²) in [7, 11) is 0. The van der Waals surface area contributed by atoms with Gasteiger partial charge in [0, 0.05) is 36.3 Å². The molecule has 0 spiro atoms. The summed E-state index contributed by atoms with van der Waals surface area (Å²) in [5, 5.41) is 2.03. The van der Waals surface area contributed by atoms with E-state index < -0.39 is 0 Å². The fourth-order valence-corrected chi connectivity index (χ4v) is 2.27. The zero-order chi connectivity index (χ0) is 13.7. The van der Waals surface area contributed by atoms with Gasteiger partial charge in [-0.05, 0) is 18.5 Å². The summed E-state index contributed by atoms with van der Waals surface area (Å²) in [4.78, 5) is 18.8. The molecule has 0 saturated carbocycles. The number of fused-ring (bicyclic) bond motifs is 1. The van der Waals surface area contributed by atoms with Gasteiger partial charge < -0.3 is 4.90 Å². The maximum absolute atomic E-state index is 12.3. The predicted molar refractivity (Wildman–Crippen MR) is 78.5 cm³/mol. The number of nitrogens with zero attached hydrogens (tertiary/aromatic N) is 2. The van der Waals surface area contributed by atoms with E-state index in [2.05, 4.69) is 23.7 Å². The molecule has 0 unspecified atom stereocenters. The molecule has 0 atom stereocenters. The largest absolute Gasteiger partial charge is 0.303 e. The number of ketones is 1. The number of Topliss-reactive ketones (excluding diaryl/α,β-unsaturated/α-hetero) is 1. The van der Waals surface area contributed by atoms with Crippen molar-refractivity contribution in [2.24, 2.45) is 0 Å². The van der Waals surface area contributed by atoms with Gasteiger partial charge in [0.05, 0.1) is 0 Å². The van der Waals surface area contributed by atoms with E-state index in [9.17, 15) is 4.79 Å². The summed E-state index contributed by atoms with van der Waals surface area (Å²) in [6.07, 6.45) is 4.04. The second-order valence-electron chi connectivity index (χ2n) is 4.61. The Kier molecular flexibility index (Phi) is 4.63.